The number of anilines is 1. The van der Waals surface area contributed by atoms with Crippen molar-refractivity contribution < 1.29 is 23.8 Å². The van der Waals surface area contributed by atoms with Gasteiger partial charge in [0.15, 0.2) is 11.5 Å². The van der Waals surface area contributed by atoms with E-state index in [1.165, 1.54) is 26.2 Å². The van der Waals surface area contributed by atoms with Crippen LogP contribution in [-0.2, 0) is 4.79 Å². The van der Waals surface area contributed by atoms with Crippen molar-refractivity contribution in [3.05, 3.63) is 23.9 Å². The fourth-order valence-corrected chi connectivity index (χ4v) is 2.14. The van der Waals surface area contributed by atoms with Crippen molar-refractivity contribution in [2.45, 2.75) is 6.92 Å². The molecule has 2 rings (SSSR count). The van der Waals surface area contributed by atoms with Crippen LogP contribution in [0.25, 0.3) is 0 Å². The fourth-order valence-electron chi connectivity index (χ4n) is 2.14. The second-order valence-electron chi connectivity index (χ2n) is 4.15. The molecule has 0 atom stereocenters. The first-order valence-electron chi connectivity index (χ1n) is 6.19. The maximum Gasteiger partial charge on any atom is 0.333 e. The van der Waals surface area contributed by atoms with Gasteiger partial charge in [-0.2, -0.15) is 0 Å². The Morgan fingerprint density at radius 1 is 1.05 bits per heavy atom. The van der Waals surface area contributed by atoms with Crippen LogP contribution in [0.3, 0.4) is 0 Å². The Hall–Kier alpha value is -2.70. The molecule has 1 aromatic carbocycles. The molecule has 7 nitrogen and oxygen atoms in total. The average Bonchev–Trinajstić information content (AvgIpc) is 2.79. The zero-order chi connectivity index (χ0) is 15.6. The second kappa shape index (κ2) is 5.74. The predicted molar refractivity (Wildman–Crippen MR) is 75.9 cm³/mol. The third kappa shape index (κ3) is 2.37. The van der Waals surface area contributed by atoms with Crippen LogP contribution in [0.1, 0.15) is 6.92 Å². The van der Waals surface area contributed by atoms with Crippen LogP contribution in [0.5, 0.6) is 17.2 Å². The molecule has 0 bridgehead atoms. The summed E-state index contributed by atoms with van der Waals surface area (Å²) in [6, 6.07) is 2.67. The highest BCUT2D eigenvalue weighted by atomic mass is 16.5. The molecule has 3 amide bonds. The van der Waals surface area contributed by atoms with Gasteiger partial charge >= 0.3 is 6.03 Å². The molecule has 0 aromatic heterocycles. The molecule has 0 radical (unpaired) electrons. The molecule has 1 fully saturated rings. The van der Waals surface area contributed by atoms with Gasteiger partial charge in [0, 0.05) is 12.1 Å². The van der Waals surface area contributed by atoms with Crippen molar-refractivity contribution in [2.75, 3.05) is 26.2 Å². The minimum absolute atomic E-state index is 0.245. The molecule has 1 saturated heterocycles. The Kier molecular flexibility index (Phi) is 4.02. The van der Waals surface area contributed by atoms with E-state index < -0.39 is 11.9 Å². The summed E-state index contributed by atoms with van der Waals surface area (Å²) >= 11 is 0. The van der Waals surface area contributed by atoms with Crippen LogP contribution in [-0.4, -0.2) is 33.3 Å². The molecule has 1 aromatic rings. The maximum absolute atomic E-state index is 11.9. The zero-order valence-electron chi connectivity index (χ0n) is 12.2. The summed E-state index contributed by atoms with van der Waals surface area (Å²) < 4.78 is 15.7. The Labute approximate surface area is 122 Å². The number of allylic oxidation sites excluding steroid dienone is 1. The molecule has 0 unspecified atom stereocenters. The van der Waals surface area contributed by atoms with E-state index in [9.17, 15) is 9.59 Å². The standard InChI is InChI=1S/C14H16N2O5/c1-5-9-13(17)15-14(18)16(9)8-6-10(19-2)12(21-4)11(7-8)20-3/h5-7H,1-4H3,(H,15,17,18)/b9-5-. The maximum atomic E-state index is 11.9. The van der Waals surface area contributed by atoms with Crippen molar-refractivity contribution in [1.29, 1.82) is 0 Å². The minimum atomic E-state index is -0.526. The molecule has 1 aliphatic rings. The monoisotopic (exact) mass is 292 g/mol. The number of benzene rings is 1. The number of hydrogen-bond acceptors (Lipinski definition) is 5. The highest BCUT2D eigenvalue weighted by Gasteiger charge is 2.34. The number of nitrogens with zero attached hydrogens (tertiary/aromatic N) is 1. The van der Waals surface area contributed by atoms with Gasteiger partial charge in [0.25, 0.3) is 5.91 Å². The van der Waals surface area contributed by atoms with Gasteiger partial charge in [0.1, 0.15) is 5.70 Å². The second-order valence-corrected chi connectivity index (χ2v) is 4.15. The molecule has 1 heterocycles. The first kappa shape index (κ1) is 14.7. The molecular formula is C14H16N2O5. The average molecular weight is 292 g/mol. The first-order valence-corrected chi connectivity index (χ1v) is 6.19. The van der Waals surface area contributed by atoms with Crippen LogP contribution in [0.4, 0.5) is 10.5 Å². The van der Waals surface area contributed by atoms with E-state index in [-0.39, 0.29) is 5.70 Å². The highest BCUT2D eigenvalue weighted by molar-refractivity contribution is 6.21. The van der Waals surface area contributed by atoms with Crippen LogP contribution >= 0.6 is 0 Å². The number of ether oxygens (including phenoxy) is 3. The lowest BCUT2D eigenvalue weighted by Gasteiger charge is -2.19. The molecule has 0 saturated carbocycles. The van der Waals surface area contributed by atoms with Crippen LogP contribution in [0.15, 0.2) is 23.9 Å². The Morgan fingerprint density at radius 3 is 2.05 bits per heavy atom. The number of hydrogen-bond donors (Lipinski definition) is 1. The molecule has 112 valence electrons. The molecule has 1 aliphatic heterocycles. The van der Waals surface area contributed by atoms with E-state index in [4.69, 9.17) is 14.2 Å². The number of rotatable bonds is 4. The lowest BCUT2D eigenvalue weighted by atomic mass is 10.2. The van der Waals surface area contributed by atoms with Gasteiger partial charge in [-0.1, -0.05) is 6.08 Å². The van der Waals surface area contributed by atoms with E-state index in [0.29, 0.717) is 22.9 Å². The van der Waals surface area contributed by atoms with Crippen molar-refractivity contribution in [1.82, 2.24) is 5.32 Å². The highest BCUT2D eigenvalue weighted by Crippen LogP contribution is 2.42. The summed E-state index contributed by atoms with van der Waals surface area (Å²) in [5, 5.41) is 2.24. The van der Waals surface area contributed by atoms with Crippen LogP contribution < -0.4 is 24.4 Å². The van der Waals surface area contributed by atoms with Gasteiger partial charge in [0.2, 0.25) is 5.75 Å². The smallest absolute Gasteiger partial charge is 0.333 e. The normalized spacial score (nSPS) is 16.2. The molecule has 0 aliphatic carbocycles. The number of carbonyl (C=O) groups is 2. The van der Waals surface area contributed by atoms with E-state index >= 15 is 0 Å². The lowest BCUT2D eigenvalue weighted by molar-refractivity contribution is -0.115. The van der Waals surface area contributed by atoms with Gasteiger partial charge in [-0.15, -0.1) is 0 Å². The van der Waals surface area contributed by atoms with Gasteiger partial charge in [-0.05, 0) is 6.92 Å². The summed E-state index contributed by atoms with van der Waals surface area (Å²) in [5.41, 5.74) is 0.690. The third-order valence-electron chi connectivity index (χ3n) is 3.08. The van der Waals surface area contributed by atoms with Gasteiger partial charge < -0.3 is 14.2 Å². The van der Waals surface area contributed by atoms with Gasteiger partial charge in [-0.25, -0.2) is 4.79 Å². The summed E-state index contributed by atoms with van der Waals surface area (Å²) in [7, 11) is 4.45. The molecule has 7 heteroatoms. The molecule has 21 heavy (non-hydrogen) atoms. The largest absolute Gasteiger partial charge is 0.493 e. The van der Waals surface area contributed by atoms with E-state index in [1.54, 1.807) is 25.1 Å². The number of carbonyl (C=O) groups excluding carboxylic acids is 2. The SMILES string of the molecule is C/C=C1/C(=O)NC(=O)N1c1cc(OC)c(OC)c(OC)c1. The summed E-state index contributed by atoms with van der Waals surface area (Å²) in [6.07, 6.45) is 1.56. The molecular weight excluding hydrogens is 276 g/mol. The Morgan fingerprint density at radius 2 is 1.62 bits per heavy atom. The Bertz CT molecular complexity index is 599. The number of urea groups is 1. The van der Waals surface area contributed by atoms with Crippen molar-refractivity contribution >= 4 is 17.6 Å². The predicted octanol–water partition coefficient (Wildman–Crippen LogP) is 1.67. The Balaban J connectivity index is 2.59. The molecule has 0 spiro atoms. The number of methoxy groups -OCH3 is 3. The number of nitrogens with one attached hydrogen (secondary N) is 1. The van der Waals surface area contributed by atoms with Crippen LogP contribution in [0, 0.1) is 0 Å². The van der Waals surface area contributed by atoms with Crippen molar-refractivity contribution in [2.24, 2.45) is 0 Å². The fraction of sp³-hybridized carbons (Fsp3) is 0.286. The topological polar surface area (TPSA) is 77.1 Å². The van der Waals surface area contributed by atoms with Crippen molar-refractivity contribution in [3.63, 3.8) is 0 Å². The molecule has 1 N–H and O–H groups in total. The summed E-state index contributed by atoms with van der Waals surface area (Å²) in [5.74, 6) is 0.761. The van der Waals surface area contributed by atoms with E-state index in [2.05, 4.69) is 5.32 Å². The quantitative estimate of drug-likeness (QED) is 0.674. The van der Waals surface area contributed by atoms with Crippen molar-refractivity contribution in [3.8, 4) is 17.2 Å². The summed E-state index contributed by atoms with van der Waals surface area (Å²) in [6.45, 7) is 1.68. The third-order valence-corrected chi connectivity index (χ3v) is 3.08. The number of imide groups is 1. The van der Waals surface area contributed by atoms with Gasteiger partial charge in [0.05, 0.1) is 27.0 Å². The van der Waals surface area contributed by atoms with Crippen LogP contribution in [0.2, 0.25) is 0 Å². The first-order chi connectivity index (χ1) is 10.1. The van der Waals surface area contributed by atoms with E-state index in [0.717, 1.165) is 0 Å². The lowest BCUT2D eigenvalue weighted by Crippen LogP contribution is -2.27. The zero-order valence-corrected chi connectivity index (χ0v) is 12.2. The summed E-state index contributed by atoms with van der Waals surface area (Å²) in [4.78, 5) is 24.9. The van der Waals surface area contributed by atoms with E-state index in [1.807, 2.05) is 0 Å². The number of amides is 3. The minimum Gasteiger partial charge on any atom is -0.493 e. The van der Waals surface area contributed by atoms with Gasteiger partial charge in [-0.3, -0.25) is 15.0 Å².